The average molecular weight is 316 g/mol. The van der Waals surface area contributed by atoms with E-state index in [1.54, 1.807) is 0 Å². The Kier molecular flexibility index (Phi) is 3.66. The van der Waals surface area contributed by atoms with E-state index in [0.29, 0.717) is 0 Å². The van der Waals surface area contributed by atoms with Crippen LogP contribution in [0.2, 0.25) is 0 Å². The number of alkyl halides is 3. The van der Waals surface area contributed by atoms with Gasteiger partial charge in [-0.3, -0.25) is 0 Å². The Morgan fingerprint density at radius 1 is 1.14 bits per heavy atom. The van der Waals surface area contributed by atoms with Crippen molar-refractivity contribution >= 4 is 15.5 Å². The molecule has 21 heavy (non-hydrogen) atoms. The molecule has 0 fully saturated rings. The zero-order valence-corrected chi connectivity index (χ0v) is 11.7. The molecule has 1 aromatic carbocycles. The van der Waals surface area contributed by atoms with E-state index < -0.39 is 21.7 Å². The lowest BCUT2D eigenvalue weighted by molar-refractivity contribution is -0.141. The van der Waals surface area contributed by atoms with Crippen LogP contribution in [0.1, 0.15) is 5.69 Å². The molecule has 0 saturated heterocycles. The van der Waals surface area contributed by atoms with Crippen LogP contribution in [0.3, 0.4) is 0 Å². The molecule has 0 aliphatic rings. The lowest BCUT2D eigenvalue weighted by atomic mass is 10.1. The largest absolute Gasteiger partial charge is 0.433 e. The Labute approximate surface area is 119 Å². The van der Waals surface area contributed by atoms with Crippen LogP contribution in [0.4, 0.5) is 18.9 Å². The third-order valence-corrected chi connectivity index (χ3v) is 3.86. The number of benzene rings is 1. The zero-order valence-electron chi connectivity index (χ0n) is 10.8. The van der Waals surface area contributed by atoms with Gasteiger partial charge in [0.15, 0.2) is 9.84 Å². The predicted molar refractivity (Wildman–Crippen MR) is 72.2 cm³/mol. The van der Waals surface area contributed by atoms with Crippen molar-refractivity contribution in [3.8, 4) is 11.3 Å². The monoisotopic (exact) mass is 316 g/mol. The molecule has 0 bridgehead atoms. The van der Waals surface area contributed by atoms with Crippen molar-refractivity contribution in [3.05, 3.63) is 42.1 Å². The molecular formula is C13H11F3N2O2S. The van der Waals surface area contributed by atoms with E-state index in [2.05, 4.69) is 4.98 Å². The van der Waals surface area contributed by atoms with Crippen molar-refractivity contribution in [2.75, 3.05) is 12.0 Å². The van der Waals surface area contributed by atoms with Gasteiger partial charge in [0.05, 0.1) is 16.3 Å². The molecule has 4 nitrogen and oxygen atoms in total. The maximum Gasteiger partial charge on any atom is 0.433 e. The third kappa shape index (κ3) is 3.33. The fourth-order valence-electron chi connectivity index (χ4n) is 1.73. The molecule has 0 aliphatic heterocycles. The third-order valence-electron chi connectivity index (χ3n) is 2.75. The van der Waals surface area contributed by atoms with Crippen LogP contribution < -0.4 is 5.73 Å². The van der Waals surface area contributed by atoms with Crippen LogP contribution in [0.5, 0.6) is 0 Å². The molecule has 2 N–H and O–H groups in total. The van der Waals surface area contributed by atoms with Crippen molar-refractivity contribution in [3.63, 3.8) is 0 Å². The van der Waals surface area contributed by atoms with Gasteiger partial charge in [0.25, 0.3) is 0 Å². The highest BCUT2D eigenvalue weighted by atomic mass is 32.2. The van der Waals surface area contributed by atoms with Gasteiger partial charge in [-0.15, -0.1) is 0 Å². The van der Waals surface area contributed by atoms with Gasteiger partial charge in [0, 0.05) is 11.8 Å². The van der Waals surface area contributed by atoms with Crippen LogP contribution in [0.25, 0.3) is 11.3 Å². The number of anilines is 1. The number of hydrogen-bond acceptors (Lipinski definition) is 4. The Morgan fingerprint density at radius 2 is 1.81 bits per heavy atom. The quantitative estimate of drug-likeness (QED) is 0.924. The van der Waals surface area contributed by atoms with Gasteiger partial charge >= 0.3 is 6.18 Å². The van der Waals surface area contributed by atoms with Crippen molar-refractivity contribution in [1.29, 1.82) is 0 Å². The summed E-state index contributed by atoms with van der Waals surface area (Å²) in [6.07, 6.45) is -3.59. The SMILES string of the molecule is CS(=O)(=O)c1cccc(-c2nc(C(F)(F)F)ccc2N)c1. The van der Waals surface area contributed by atoms with Gasteiger partial charge in [-0.05, 0) is 24.3 Å². The molecule has 112 valence electrons. The average Bonchev–Trinajstić information content (AvgIpc) is 2.37. The lowest BCUT2D eigenvalue weighted by Crippen LogP contribution is -2.09. The summed E-state index contributed by atoms with van der Waals surface area (Å²) in [5.74, 6) is 0. The zero-order chi connectivity index (χ0) is 15.8. The molecule has 2 aromatic rings. The van der Waals surface area contributed by atoms with Crippen molar-refractivity contribution in [2.24, 2.45) is 0 Å². The van der Waals surface area contributed by atoms with Gasteiger partial charge in [0.1, 0.15) is 5.69 Å². The van der Waals surface area contributed by atoms with Crippen LogP contribution in [0, 0.1) is 0 Å². The molecule has 0 spiro atoms. The van der Waals surface area contributed by atoms with Gasteiger partial charge in [-0.25, -0.2) is 13.4 Å². The highest BCUT2D eigenvalue weighted by Gasteiger charge is 2.33. The molecule has 0 radical (unpaired) electrons. The second kappa shape index (κ2) is 5.03. The molecule has 1 aromatic heterocycles. The van der Waals surface area contributed by atoms with E-state index >= 15 is 0 Å². The summed E-state index contributed by atoms with van der Waals surface area (Å²) < 4.78 is 61.0. The smallest absolute Gasteiger partial charge is 0.397 e. The number of nitrogen functional groups attached to an aromatic ring is 1. The first-order chi connectivity index (χ1) is 9.59. The minimum atomic E-state index is -4.60. The molecule has 0 aliphatic carbocycles. The minimum absolute atomic E-state index is 0.0152. The Hall–Kier alpha value is -2.09. The van der Waals surface area contributed by atoms with Crippen molar-refractivity contribution in [1.82, 2.24) is 4.98 Å². The fraction of sp³-hybridized carbons (Fsp3) is 0.154. The molecule has 0 saturated carbocycles. The maximum absolute atomic E-state index is 12.7. The highest BCUT2D eigenvalue weighted by molar-refractivity contribution is 7.90. The number of aromatic nitrogens is 1. The van der Waals surface area contributed by atoms with Crippen LogP contribution >= 0.6 is 0 Å². The van der Waals surface area contributed by atoms with Gasteiger partial charge < -0.3 is 5.73 Å². The molecule has 8 heteroatoms. The summed E-state index contributed by atoms with van der Waals surface area (Å²) >= 11 is 0. The van der Waals surface area contributed by atoms with E-state index in [9.17, 15) is 21.6 Å². The van der Waals surface area contributed by atoms with Crippen molar-refractivity contribution in [2.45, 2.75) is 11.1 Å². The fourth-order valence-corrected chi connectivity index (χ4v) is 2.40. The topological polar surface area (TPSA) is 73.0 Å². The molecule has 1 heterocycles. The predicted octanol–water partition coefficient (Wildman–Crippen LogP) is 2.75. The van der Waals surface area contributed by atoms with Gasteiger partial charge in [-0.2, -0.15) is 13.2 Å². The number of hydrogen-bond donors (Lipinski definition) is 1. The van der Waals surface area contributed by atoms with Gasteiger partial charge in [-0.1, -0.05) is 12.1 Å². The molecular weight excluding hydrogens is 305 g/mol. The normalized spacial score (nSPS) is 12.4. The lowest BCUT2D eigenvalue weighted by Gasteiger charge is -2.11. The van der Waals surface area contributed by atoms with E-state index in [4.69, 9.17) is 5.73 Å². The Balaban J connectivity index is 2.62. The summed E-state index contributed by atoms with van der Waals surface area (Å²) in [6, 6.07) is 7.34. The summed E-state index contributed by atoms with van der Waals surface area (Å²) in [7, 11) is -3.48. The molecule has 0 unspecified atom stereocenters. The number of nitrogens with two attached hydrogens (primary N) is 1. The van der Waals surface area contributed by atoms with Crippen LogP contribution in [0.15, 0.2) is 41.3 Å². The number of halogens is 3. The summed E-state index contributed by atoms with van der Waals surface area (Å²) in [5, 5.41) is 0. The first kappa shape index (κ1) is 15.3. The van der Waals surface area contributed by atoms with E-state index in [1.807, 2.05) is 0 Å². The van der Waals surface area contributed by atoms with E-state index in [-0.39, 0.29) is 21.8 Å². The summed E-state index contributed by atoms with van der Waals surface area (Å²) in [5.41, 5.74) is 4.70. The first-order valence-electron chi connectivity index (χ1n) is 5.73. The van der Waals surface area contributed by atoms with Crippen LogP contribution in [-0.2, 0) is 16.0 Å². The number of sulfone groups is 1. The molecule has 0 amide bonds. The Bertz CT molecular complexity index is 786. The van der Waals surface area contributed by atoms with Gasteiger partial charge in [0.2, 0.25) is 0 Å². The summed E-state index contributed by atoms with van der Waals surface area (Å²) in [4.78, 5) is 3.48. The number of nitrogens with zero attached hydrogens (tertiary/aromatic N) is 1. The second-order valence-corrected chi connectivity index (χ2v) is 6.45. The minimum Gasteiger partial charge on any atom is -0.397 e. The van der Waals surface area contributed by atoms with Crippen LogP contribution in [-0.4, -0.2) is 19.7 Å². The molecule has 0 atom stereocenters. The summed E-state index contributed by atoms with van der Waals surface area (Å²) in [6.45, 7) is 0. The first-order valence-corrected chi connectivity index (χ1v) is 7.62. The Morgan fingerprint density at radius 3 is 2.38 bits per heavy atom. The maximum atomic E-state index is 12.7. The van der Waals surface area contributed by atoms with Crippen molar-refractivity contribution < 1.29 is 21.6 Å². The number of pyridine rings is 1. The number of rotatable bonds is 2. The highest BCUT2D eigenvalue weighted by Crippen LogP contribution is 2.32. The second-order valence-electron chi connectivity index (χ2n) is 4.43. The van der Waals surface area contributed by atoms with E-state index in [0.717, 1.165) is 18.4 Å². The molecule has 2 rings (SSSR count). The standard InChI is InChI=1S/C13H11F3N2O2S/c1-21(19,20)9-4-2-3-8(7-9)12-10(17)5-6-11(18-12)13(14,15)16/h2-7H,17H2,1H3. The van der Waals surface area contributed by atoms with E-state index in [1.165, 1.54) is 24.3 Å².